The van der Waals surface area contributed by atoms with Crippen LogP contribution in [-0.4, -0.2) is 44.7 Å². The highest BCUT2D eigenvalue weighted by molar-refractivity contribution is 8.28. The number of likely N-dealkylation sites (tertiary alicyclic amines) is 1. The summed E-state index contributed by atoms with van der Waals surface area (Å²) < 4.78 is 9.53. The number of rotatable bonds is 8. The molecule has 4 rings (SSSR count). The molecule has 0 unspecified atom stereocenters. The summed E-state index contributed by atoms with van der Waals surface area (Å²) in [6, 6.07) is 13.8. The number of anilines is 1. The van der Waals surface area contributed by atoms with Gasteiger partial charge in [0.2, 0.25) is 0 Å². The van der Waals surface area contributed by atoms with Crippen LogP contribution in [0.5, 0.6) is 5.88 Å². The first-order chi connectivity index (χ1) is 16.0. The topological polar surface area (TPSA) is 63.2 Å². The van der Waals surface area contributed by atoms with E-state index in [9.17, 15) is 0 Å². The summed E-state index contributed by atoms with van der Waals surface area (Å²) in [4.78, 5) is 17.0. The first-order valence-corrected chi connectivity index (χ1v) is 13.2. The summed E-state index contributed by atoms with van der Waals surface area (Å²) in [5, 5.41) is 0. The monoisotopic (exact) mass is 461 g/mol. The fourth-order valence-electron chi connectivity index (χ4n) is 3.74. The van der Waals surface area contributed by atoms with Crippen molar-refractivity contribution in [3.05, 3.63) is 78.9 Å². The van der Waals surface area contributed by atoms with Crippen LogP contribution in [0.3, 0.4) is 0 Å². The van der Waals surface area contributed by atoms with Gasteiger partial charge in [0.05, 0.1) is 11.9 Å². The van der Waals surface area contributed by atoms with Crippen LogP contribution in [0, 0.1) is 0 Å². The van der Waals surface area contributed by atoms with E-state index in [0.717, 1.165) is 34.9 Å². The number of ether oxygens (including phenoxy) is 1. The Balaban J connectivity index is 1.62. The van der Waals surface area contributed by atoms with Crippen molar-refractivity contribution in [3.63, 3.8) is 0 Å². The van der Waals surface area contributed by atoms with Crippen LogP contribution in [-0.2, 0) is 6.61 Å². The predicted molar refractivity (Wildman–Crippen MR) is 140 cm³/mol. The second-order valence-corrected chi connectivity index (χ2v) is 10.6. The number of hydrogen-bond donors (Lipinski definition) is 1. The van der Waals surface area contributed by atoms with Gasteiger partial charge in [-0.1, -0.05) is 55.4 Å². The first kappa shape index (κ1) is 22.9. The third-order valence-electron chi connectivity index (χ3n) is 5.61. The number of nitrogens with one attached hydrogen (secondary N) is 1. The van der Waals surface area contributed by atoms with Crippen molar-refractivity contribution in [1.29, 1.82) is 0 Å². The van der Waals surface area contributed by atoms with Crippen molar-refractivity contribution in [3.8, 4) is 5.88 Å². The van der Waals surface area contributed by atoms with Gasteiger partial charge >= 0.3 is 0 Å². The zero-order valence-corrected chi connectivity index (χ0v) is 19.8. The van der Waals surface area contributed by atoms with E-state index in [1.165, 1.54) is 25.7 Å². The van der Waals surface area contributed by atoms with Crippen molar-refractivity contribution in [2.75, 3.05) is 17.8 Å². The quantitative estimate of drug-likeness (QED) is 0.456. The Morgan fingerprint density at radius 2 is 1.76 bits per heavy atom. The second kappa shape index (κ2) is 10.5. The van der Waals surface area contributed by atoms with Gasteiger partial charge in [-0.15, -0.1) is 9.39 Å². The van der Waals surface area contributed by atoms with Crippen molar-refractivity contribution in [2.24, 2.45) is 0 Å². The van der Waals surface area contributed by atoms with Gasteiger partial charge in [-0.3, -0.25) is 4.98 Å². The molecule has 6 nitrogen and oxygen atoms in total. The minimum atomic E-state index is -1.85. The third kappa shape index (κ3) is 5.93. The fourth-order valence-corrected chi connectivity index (χ4v) is 5.05. The normalized spacial score (nSPS) is 14.4. The molecule has 2 aromatic heterocycles. The summed E-state index contributed by atoms with van der Waals surface area (Å²) >= 11 is 0. The van der Waals surface area contributed by atoms with Gasteiger partial charge in [0, 0.05) is 35.9 Å². The molecule has 1 saturated heterocycles. The summed E-state index contributed by atoms with van der Waals surface area (Å²) in [5.74, 6) is 9.61. The average molecular weight is 462 g/mol. The SMILES string of the molecule is C=C(c1cnc(NS(=C)(=C)c2ccccc2)c(OCc2cccnc2)n1)N1CCCCCC1. The van der Waals surface area contributed by atoms with Crippen LogP contribution < -0.4 is 9.46 Å². The van der Waals surface area contributed by atoms with Gasteiger partial charge in [0.25, 0.3) is 5.88 Å². The van der Waals surface area contributed by atoms with E-state index >= 15 is 0 Å². The molecule has 0 spiro atoms. The molecule has 172 valence electrons. The Morgan fingerprint density at radius 3 is 2.45 bits per heavy atom. The van der Waals surface area contributed by atoms with Crippen LogP contribution in [0.15, 0.2) is 72.5 Å². The van der Waals surface area contributed by atoms with Crippen molar-refractivity contribution in [2.45, 2.75) is 37.2 Å². The van der Waals surface area contributed by atoms with E-state index in [0.29, 0.717) is 18.3 Å². The van der Waals surface area contributed by atoms with E-state index in [-0.39, 0.29) is 0 Å². The van der Waals surface area contributed by atoms with Crippen molar-refractivity contribution < 1.29 is 4.74 Å². The third-order valence-corrected chi connectivity index (χ3v) is 7.37. The standard InChI is InChI=1S/C26H31N5OS/c1-21(31-16-9-4-5-10-17-31)24-19-28-25(30-33(2,3)23-13-7-6-8-14-23)26(29-24)32-20-22-12-11-15-27-18-22/h6-8,11-15,18-19H,1-5,9-10,16-17,20H2,(H,28,30). The van der Waals surface area contributed by atoms with E-state index in [1.807, 2.05) is 42.5 Å². The molecular weight excluding hydrogens is 430 g/mol. The van der Waals surface area contributed by atoms with E-state index < -0.39 is 9.39 Å². The zero-order valence-electron chi connectivity index (χ0n) is 18.9. The van der Waals surface area contributed by atoms with E-state index in [2.05, 4.69) is 37.9 Å². The number of nitrogens with zero attached hydrogens (tertiary/aromatic N) is 4. The molecule has 33 heavy (non-hydrogen) atoms. The largest absolute Gasteiger partial charge is 0.470 e. The lowest BCUT2D eigenvalue weighted by Gasteiger charge is -2.25. The zero-order chi connectivity index (χ0) is 23.1. The van der Waals surface area contributed by atoms with Gasteiger partial charge in [-0.05, 0) is 31.0 Å². The highest BCUT2D eigenvalue weighted by Crippen LogP contribution is 2.35. The van der Waals surface area contributed by atoms with Crippen LogP contribution in [0.1, 0.15) is 36.9 Å². The van der Waals surface area contributed by atoms with Crippen LogP contribution in [0.4, 0.5) is 5.82 Å². The summed E-state index contributed by atoms with van der Waals surface area (Å²) in [6.07, 6.45) is 10.1. The molecule has 7 heteroatoms. The summed E-state index contributed by atoms with van der Waals surface area (Å²) in [5.41, 5.74) is 2.55. The molecule has 0 bridgehead atoms. The lowest BCUT2D eigenvalue weighted by molar-refractivity contribution is 0.293. The second-order valence-electron chi connectivity index (χ2n) is 8.21. The molecule has 1 fully saturated rings. The maximum Gasteiger partial charge on any atom is 0.259 e. The molecule has 1 aliphatic heterocycles. The molecule has 1 aliphatic rings. The highest BCUT2D eigenvalue weighted by Gasteiger charge is 2.18. The molecule has 3 aromatic rings. The molecule has 1 N–H and O–H groups in total. The lowest BCUT2D eigenvalue weighted by Crippen LogP contribution is -2.23. The van der Waals surface area contributed by atoms with Crippen LogP contribution in [0.25, 0.3) is 5.70 Å². The van der Waals surface area contributed by atoms with Crippen molar-refractivity contribution >= 4 is 32.6 Å². The Labute approximate surface area is 197 Å². The molecule has 0 amide bonds. The minimum absolute atomic E-state index is 0.332. The Morgan fingerprint density at radius 1 is 1.00 bits per heavy atom. The maximum atomic E-state index is 6.13. The summed E-state index contributed by atoms with van der Waals surface area (Å²) in [6.45, 7) is 6.63. The molecule has 3 heterocycles. The van der Waals surface area contributed by atoms with E-state index in [4.69, 9.17) is 9.72 Å². The van der Waals surface area contributed by atoms with Gasteiger partial charge in [-0.2, -0.15) is 0 Å². The van der Waals surface area contributed by atoms with Crippen molar-refractivity contribution in [1.82, 2.24) is 19.9 Å². The number of pyridine rings is 1. The molecular formula is C26H31N5OS. The van der Waals surface area contributed by atoms with Crippen LogP contribution >= 0.6 is 9.39 Å². The molecule has 0 saturated carbocycles. The Kier molecular flexibility index (Phi) is 7.29. The molecule has 0 atom stereocenters. The highest BCUT2D eigenvalue weighted by atomic mass is 32.2. The molecule has 1 aromatic carbocycles. The number of benzene rings is 1. The maximum absolute atomic E-state index is 6.13. The van der Waals surface area contributed by atoms with Crippen LogP contribution in [0.2, 0.25) is 0 Å². The Hall–Kier alpha value is -3.32. The number of aromatic nitrogens is 3. The van der Waals surface area contributed by atoms with Gasteiger partial charge < -0.3 is 14.4 Å². The molecule has 0 radical (unpaired) electrons. The average Bonchev–Trinajstić information content (AvgIpc) is 3.14. The predicted octanol–water partition coefficient (Wildman–Crippen LogP) is 5.35. The van der Waals surface area contributed by atoms with Gasteiger partial charge in [0.1, 0.15) is 12.3 Å². The first-order valence-electron chi connectivity index (χ1n) is 11.2. The van der Waals surface area contributed by atoms with E-state index in [1.54, 1.807) is 18.6 Å². The minimum Gasteiger partial charge on any atom is -0.470 e. The Bertz CT molecular complexity index is 1170. The lowest BCUT2D eigenvalue weighted by atomic mass is 10.2. The number of hydrogen-bond acceptors (Lipinski definition) is 6. The van der Waals surface area contributed by atoms with Gasteiger partial charge in [-0.25, -0.2) is 9.97 Å². The summed E-state index contributed by atoms with van der Waals surface area (Å²) in [7, 11) is -1.85. The van der Waals surface area contributed by atoms with Gasteiger partial charge in [0.15, 0.2) is 5.82 Å². The fraction of sp³-hybridized carbons (Fsp3) is 0.269. The smallest absolute Gasteiger partial charge is 0.259 e. The molecule has 0 aliphatic carbocycles.